The Labute approximate surface area is 213 Å². The van der Waals surface area contributed by atoms with Crippen LogP contribution in [-0.4, -0.2) is 26.0 Å². The van der Waals surface area contributed by atoms with Crippen molar-refractivity contribution >= 4 is 61.0 Å². The molecule has 2 N–H and O–H groups in total. The molecule has 0 saturated carbocycles. The predicted molar refractivity (Wildman–Crippen MR) is 142 cm³/mol. The minimum atomic E-state index is -0.0322. The van der Waals surface area contributed by atoms with Crippen LogP contribution in [0.1, 0.15) is 5.01 Å². The predicted octanol–water partition coefficient (Wildman–Crippen LogP) is 7.27. The maximum atomic E-state index is 10.6. The number of nitriles is 1. The van der Waals surface area contributed by atoms with Gasteiger partial charge in [-0.05, 0) is 48.5 Å². The molecule has 0 bridgehead atoms. The Bertz CT molecular complexity index is 1490. The second kappa shape index (κ2) is 10.6. The summed E-state index contributed by atoms with van der Waals surface area (Å²) in [5.74, 6) is 1.67. The summed E-state index contributed by atoms with van der Waals surface area (Å²) in [6.07, 6.45) is 0. The number of allylic oxidation sites excluding steroid dienone is 1. The lowest BCUT2D eigenvalue weighted by atomic mass is 10.2. The summed E-state index contributed by atoms with van der Waals surface area (Å²) in [5.41, 5.74) is 1.84. The van der Waals surface area contributed by atoms with E-state index < -0.39 is 0 Å². The van der Waals surface area contributed by atoms with Gasteiger partial charge in [0, 0.05) is 5.69 Å². The molecule has 0 radical (unpaired) electrons. The third kappa shape index (κ3) is 5.60. The van der Waals surface area contributed by atoms with Gasteiger partial charge in [-0.1, -0.05) is 53.4 Å². The molecule has 7 nitrogen and oxygen atoms in total. The van der Waals surface area contributed by atoms with Gasteiger partial charge in [-0.15, -0.1) is 21.5 Å². The molecule has 0 saturated heterocycles. The van der Waals surface area contributed by atoms with E-state index in [0.29, 0.717) is 14.5 Å². The quantitative estimate of drug-likeness (QED) is 0.126. The zero-order chi connectivity index (χ0) is 24.0. The van der Waals surface area contributed by atoms with Crippen molar-refractivity contribution in [2.75, 3.05) is 11.1 Å². The van der Waals surface area contributed by atoms with E-state index >= 15 is 0 Å². The van der Waals surface area contributed by atoms with Crippen molar-refractivity contribution < 1.29 is 9.84 Å². The number of benzene rings is 3. The Morgan fingerprint density at radius 1 is 0.943 bits per heavy atom. The lowest BCUT2D eigenvalue weighted by Gasteiger charge is -2.06. The van der Waals surface area contributed by atoms with Crippen LogP contribution in [0.5, 0.6) is 11.5 Å². The number of rotatable bonds is 8. The molecule has 35 heavy (non-hydrogen) atoms. The van der Waals surface area contributed by atoms with Gasteiger partial charge >= 0.3 is 0 Å². The zero-order valence-electron chi connectivity index (χ0n) is 18.1. The molecule has 0 fully saturated rings. The number of hydrogen-bond acceptors (Lipinski definition) is 10. The molecule has 3 aromatic carbocycles. The van der Waals surface area contributed by atoms with Crippen molar-refractivity contribution in [3.8, 4) is 17.6 Å². The third-order valence-corrected chi connectivity index (χ3v) is 7.77. The van der Waals surface area contributed by atoms with Gasteiger partial charge in [0.1, 0.15) is 33.9 Å². The number of nitrogens with one attached hydrogen (secondary N) is 1. The molecule has 5 rings (SSSR count). The topological polar surface area (TPSA) is 104 Å². The van der Waals surface area contributed by atoms with Crippen molar-refractivity contribution in [2.45, 2.75) is 4.34 Å². The van der Waals surface area contributed by atoms with E-state index in [1.54, 1.807) is 0 Å². The Kier molecular flexibility index (Phi) is 6.90. The first-order valence-corrected chi connectivity index (χ1v) is 13.0. The number of ether oxygens (including phenoxy) is 1. The fraction of sp³-hybridized carbons (Fsp3) is 0.0400. The molecular weight excluding hydrogens is 499 g/mol. The van der Waals surface area contributed by atoms with Crippen LogP contribution in [0.15, 0.2) is 89.0 Å². The first-order chi connectivity index (χ1) is 17.2. The molecule has 0 aliphatic carbocycles. The number of hydrogen-bond donors (Lipinski definition) is 2. The van der Waals surface area contributed by atoms with Crippen molar-refractivity contribution in [3.63, 3.8) is 0 Å². The van der Waals surface area contributed by atoms with Crippen LogP contribution >= 0.6 is 34.4 Å². The average molecular weight is 516 g/mol. The molecule has 172 valence electrons. The van der Waals surface area contributed by atoms with Crippen LogP contribution in [-0.2, 0) is 0 Å². The van der Waals surface area contributed by atoms with E-state index in [1.165, 1.54) is 34.4 Å². The van der Waals surface area contributed by atoms with Gasteiger partial charge in [0.05, 0.1) is 16.0 Å². The highest BCUT2D eigenvalue weighted by Gasteiger charge is 2.15. The van der Waals surface area contributed by atoms with Gasteiger partial charge in [0.15, 0.2) is 4.34 Å². The van der Waals surface area contributed by atoms with Crippen molar-refractivity contribution in [1.82, 2.24) is 15.2 Å². The maximum absolute atomic E-state index is 10.6. The van der Waals surface area contributed by atoms with Crippen LogP contribution in [0.3, 0.4) is 0 Å². The van der Waals surface area contributed by atoms with Gasteiger partial charge in [-0.25, -0.2) is 4.98 Å². The third-order valence-electron chi connectivity index (χ3n) is 4.73. The first kappa shape index (κ1) is 22.9. The van der Waals surface area contributed by atoms with Crippen LogP contribution < -0.4 is 10.1 Å². The van der Waals surface area contributed by atoms with Crippen LogP contribution in [0.4, 0.5) is 10.8 Å². The zero-order valence-corrected chi connectivity index (χ0v) is 20.5. The Hall–Kier alpha value is -3.91. The molecule has 2 aromatic heterocycles. The van der Waals surface area contributed by atoms with Crippen LogP contribution in [0.25, 0.3) is 15.8 Å². The second-order valence-electron chi connectivity index (χ2n) is 7.15. The highest BCUT2D eigenvalue weighted by atomic mass is 32.2. The van der Waals surface area contributed by atoms with E-state index in [4.69, 9.17) is 4.74 Å². The fourth-order valence-electron chi connectivity index (χ4n) is 3.09. The average Bonchev–Trinajstić information content (AvgIpc) is 3.52. The van der Waals surface area contributed by atoms with Crippen molar-refractivity contribution in [1.29, 1.82) is 5.26 Å². The standard InChI is InChI=1S/C25H17N5O2S3/c26-14-19(23-28-20-8-4-5-9-22(20)34-23)21(31)15-33-25-30-29-24(35-25)27-16-10-12-18(13-11-16)32-17-6-2-1-3-7-17/h1-13,31H,15H2,(H,27,29)/b21-19-. The Morgan fingerprint density at radius 3 is 2.46 bits per heavy atom. The number of para-hydroxylation sites is 2. The van der Waals surface area contributed by atoms with Gasteiger partial charge < -0.3 is 15.2 Å². The number of fused-ring (bicyclic) bond motifs is 1. The van der Waals surface area contributed by atoms with E-state index in [2.05, 4.69) is 26.6 Å². The van der Waals surface area contributed by atoms with Crippen molar-refractivity contribution in [2.24, 2.45) is 0 Å². The molecule has 0 amide bonds. The number of thiazole rings is 1. The lowest BCUT2D eigenvalue weighted by molar-refractivity contribution is 0.421. The largest absolute Gasteiger partial charge is 0.510 e. The second-order valence-corrected chi connectivity index (χ2v) is 10.4. The maximum Gasteiger partial charge on any atom is 0.210 e. The Morgan fingerprint density at radius 2 is 1.69 bits per heavy atom. The summed E-state index contributed by atoms with van der Waals surface area (Å²) < 4.78 is 7.45. The van der Waals surface area contributed by atoms with Crippen LogP contribution in [0, 0.1) is 11.3 Å². The molecule has 5 aromatic rings. The molecule has 0 atom stereocenters. The monoisotopic (exact) mass is 515 g/mol. The van der Waals surface area contributed by atoms with E-state index in [-0.39, 0.29) is 17.1 Å². The van der Waals surface area contributed by atoms with E-state index in [0.717, 1.165) is 27.4 Å². The Balaban J connectivity index is 1.20. The highest BCUT2D eigenvalue weighted by molar-refractivity contribution is 8.01. The van der Waals surface area contributed by atoms with Gasteiger partial charge in [-0.2, -0.15) is 5.26 Å². The van der Waals surface area contributed by atoms with E-state index in [1.807, 2.05) is 78.9 Å². The summed E-state index contributed by atoms with van der Waals surface area (Å²) in [7, 11) is 0. The molecule has 0 unspecified atom stereocenters. The van der Waals surface area contributed by atoms with Gasteiger partial charge in [-0.3, -0.25) is 0 Å². The fourth-order valence-corrected chi connectivity index (χ4v) is 5.72. The molecular formula is C25H17N5O2S3. The lowest BCUT2D eigenvalue weighted by Crippen LogP contribution is -1.92. The first-order valence-electron chi connectivity index (χ1n) is 10.4. The minimum absolute atomic E-state index is 0.0322. The number of aliphatic hydroxyl groups excluding tert-OH is 1. The SMILES string of the molecule is N#C/C(=C(/O)CSc1nnc(Nc2ccc(Oc3ccccc3)cc2)s1)c1nc2ccccc2s1. The molecule has 0 spiro atoms. The number of aliphatic hydroxyl groups is 1. The molecule has 2 heterocycles. The highest BCUT2D eigenvalue weighted by Crippen LogP contribution is 2.32. The van der Waals surface area contributed by atoms with Gasteiger partial charge in [0.25, 0.3) is 0 Å². The van der Waals surface area contributed by atoms with E-state index in [9.17, 15) is 10.4 Å². The van der Waals surface area contributed by atoms with Gasteiger partial charge in [0.2, 0.25) is 5.13 Å². The summed E-state index contributed by atoms with van der Waals surface area (Å²) >= 11 is 4.06. The summed E-state index contributed by atoms with van der Waals surface area (Å²) in [6, 6.07) is 26.9. The van der Waals surface area contributed by atoms with Crippen LogP contribution in [0.2, 0.25) is 0 Å². The number of thioether (sulfide) groups is 1. The number of aromatic nitrogens is 3. The normalized spacial score (nSPS) is 11.6. The molecule has 10 heteroatoms. The summed E-state index contributed by atoms with van der Waals surface area (Å²) in [6.45, 7) is 0. The smallest absolute Gasteiger partial charge is 0.210 e. The minimum Gasteiger partial charge on any atom is -0.510 e. The number of nitrogens with zero attached hydrogens (tertiary/aromatic N) is 4. The summed E-state index contributed by atoms with van der Waals surface area (Å²) in [5, 5.41) is 32.8. The molecule has 0 aliphatic heterocycles. The number of anilines is 2. The molecule has 0 aliphatic rings. The summed E-state index contributed by atoms with van der Waals surface area (Å²) in [4.78, 5) is 4.46. The van der Waals surface area contributed by atoms with Crippen molar-refractivity contribution in [3.05, 3.63) is 89.6 Å².